The number of carboxylic acids is 1. The number of pyridine rings is 1. The number of hydrogen-bond donors (Lipinski definition) is 3. The van der Waals surface area contributed by atoms with Crippen LogP contribution in [0, 0.1) is 0 Å². The van der Waals surface area contributed by atoms with Crippen molar-refractivity contribution in [2.24, 2.45) is 0 Å². The minimum Gasteiger partial charge on any atom is -0.477 e. The predicted molar refractivity (Wildman–Crippen MR) is 118 cm³/mol. The number of rotatable bonds is 11. The Balaban J connectivity index is 2.13. The smallest absolute Gasteiger partial charge is 0.354 e. The van der Waals surface area contributed by atoms with Crippen LogP contribution in [0.15, 0.2) is 41.4 Å². The molecule has 1 heterocycles. The van der Waals surface area contributed by atoms with E-state index in [4.69, 9.17) is 0 Å². The average molecular weight is 462 g/mol. The van der Waals surface area contributed by atoms with E-state index in [2.05, 4.69) is 10.3 Å². The summed E-state index contributed by atoms with van der Waals surface area (Å²) in [5.41, 5.74) is 1.04. The quantitative estimate of drug-likeness (QED) is 0.436. The lowest BCUT2D eigenvalue weighted by atomic mass is 10.0. The third-order valence-electron chi connectivity index (χ3n) is 4.73. The van der Waals surface area contributed by atoms with Crippen LogP contribution in [0.1, 0.15) is 65.1 Å². The summed E-state index contributed by atoms with van der Waals surface area (Å²) in [5, 5.41) is 12.0. The lowest BCUT2D eigenvalue weighted by Crippen LogP contribution is -2.31. The highest BCUT2D eigenvalue weighted by Crippen LogP contribution is 2.15. The number of aromatic nitrogens is 1. The fourth-order valence-electron chi connectivity index (χ4n) is 3.04. The van der Waals surface area contributed by atoms with Gasteiger partial charge in [0.2, 0.25) is 5.91 Å². The number of carbonyl (C=O) groups excluding carboxylic acids is 2. The fraction of sp³-hybridized carbons (Fsp3) is 0.364. The second kappa shape index (κ2) is 11.4. The van der Waals surface area contributed by atoms with Gasteiger partial charge < -0.3 is 10.4 Å². The molecule has 0 aliphatic carbocycles. The van der Waals surface area contributed by atoms with Crippen LogP contribution >= 0.6 is 0 Å². The molecule has 32 heavy (non-hydrogen) atoms. The molecule has 0 saturated carbocycles. The molecule has 10 heteroatoms. The lowest BCUT2D eigenvalue weighted by Gasteiger charge is -2.10. The first kappa shape index (κ1) is 25.0. The Kier molecular flexibility index (Phi) is 8.89. The van der Waals surface area contributed by atoms with Gasteiger partial charge in [-0.1, -0.05) is 31.9 Å². The Morgan fingerprint density at radius 3 is 2.34 bits per heavy atom. The number of nitrogens with one attached hydrogen (secondary N) is 2. The third kappa shape index (κ3) is 7.16. The first-order chi connectivity index (χ1) is 15.1. The van der Waals surface area contributed by atoms with E-state index in [9.17, 15) is 27.9 Å². The standard InChI is InChI=1S/C22H27N3O6S/c1-3-4-5-6-17-13-18(14-24-20(17)22(28)29)21(27)25-32(30,31)19-9-7-16(8-10-19)11-12-23-15(2)26/h7-10,13-14H,3-6,11-12H2,1-2H3,(H,23,26)(H,25,27)(H,28,29). The predicted octanol–water partition coefficient (Wildman–Crippen LogP) is 2.31. The van der Waals surface area contributed by atoms with Crippen LogP contribution in [-0.2, 0) is 27.7 Å². The lowest BCUT2D eigenvalue weighted by molar-refractivity contribution is -0.118. The van der Waals surface area contributed by atoms with Crippen molar-refractivity contribution in [1.29, 1.82) is 0 Å². The molecule has 2 rings (SSSR count). The van der Waals surface area contributed by atoms with E-state index < -0.39 is 21.9 Å². The van der Waals surface area contributed by atoms with Gasteiger partial charge in [0.05, 0.1) is 10.5 Å². The number of nitrogens with zero attached hydrogens (tertiary/aromatic N) is 1. The van der Waals surface area contributed by atoms with Crippen LogP contribution in [-0.4, -0.2) is 42.8 Å². The summed E-state index contributed by atoms with van der Waals surface area (Å²) in [7, 11) is -4.13. The summed E-state index contributed by atoms with van der Waals surface area (Å²) in [6, 6.07) is 7.34. The molecule has 0 spiro atoms. The van der Waals surface area contributed by atoms with E-state index in [-0.39, 0.29) is 22.1 Å². The molecule has 0 radical (unpaired) electrons. The number of aryl methyl sites for hydroxylation is 1. The van der Waals surface area contributed by atoms with Crippen LogP contribution in [0.5, 0.6) is 0 Å². The molecule has 3 N–H and O–H groups in total. The molecule has 0 bridgehead atoms. The van der Waals surface area contributed by atoms with Crippen molar-refractivity contribution >= 4 is 27.8 Å². The zero-order valence-corrected chi connectivity index (χ0v) is 18.9. The summed E-state index contributed by atoms with van der Waals surface area (Å²) in [6.07, 6.45) is 4.59. The number of sulfonamides is 1. The monoisotopic (exact) mass is 461 g/mol. The van der Waals surface area contributed by atoms with Crippen LogP contribution in [0.3, 0.4) is 0 Å². The molecule has 0 saturated heterocycles. The number of aromatic carboxylic acids is 1. The van der Waals surface area contributed by atoms with E-state index in [0.717, 1.165) is 31.0 Å². The van der Waals surface area contributed by atoms with Crippen LogP contribution in [0.2, 0.25) is 0 Å². The molecular weight excluding hydrogens is 434 g/mol. The molecule has 0 unspecified atom stereocenters. The van der Waals surface area contributed by atoms with E-state index in [0.29, 0.717) is 24.9 Å². The first-order valence-electron chi connectivity index (χ1n) is 10.3. The van der Waals surface area contributed by atoms with Gasteiger partial charge in [-0.25, -0.2) is 22.9 Å². The molecule has 0 fully saturated rings. The fourth-order valence-corrected chi connectivity index (χ4v) is 4.02. The highest BCUT2D eigenvalue weighted by atomic mass is 32.2. The minimum atomic E-state index is -4.13. The second-order valence-corrected chi connectivity index (χ2v) is 8.99. The van der Waals surface area contributed by atoms with E-state index >= 15 is 0 Å². The Hall–Kier alpha value is -3.27. The van der Waals surface area contributed by atoms with E-state index in [1.54, 1.807) is 12.1 Å². The van der Waals surface area contributed by atoms with Crippen LogP contribution in [0.4, 0.5) is 0 Å². The average Bonchev–Trinajstić information content (AvgIpc) is 2.73. The maximum Gasteiger partial charge on any atom is 0.354 e. The molecule has 0 aliphatic heterocycles. The first-order valence-corrected chi connectivity index (χ1v) is 11.7. The maximum absolute atomic E-state index is 12.6. The molecule has 9 nitrogen and oxygen atoms in total. The number of unbranched alkanes of at least 4 members (excludes halogenated alkanes) is 2. The highest BCUT2D eigenvalue weighted by molar-refractivity contribution is 7.90. The van der Waals surface area contributed by atoms with Gasteiger partial charge in [-0.15, -0.1) is 0 Å². The van der Waals surface area contributed by atoms with Crippen molar-refractivity contribution in [3.63, 3.8) is 0 Å². The summed E-state index contributed by atoms with van der Waals surface area (Å²) in [6.45, 7) is 3.86. The zero-order valence-electron chi connectivity index (χ0n) is 18.1. The largest absolute Gasteiger partial charge is 0.477 e. The normalized spacial score (nSPS) is 11.1. The third-order valence-corrected chi connectivity index (χ3v) is 6.08. The van der Waals surface area contributed by atoms with Crippen molar-refractivity contribution in [2.75, 3.05) is 6.54 Å². The zero-order chi connectivity index (χ0) is 23.7. The summed E-state index contributed by atoms with van der Waals surface area (Å²) in [4.78, 5) is 38.6. The number of carboxylic acid groups (broad SMARTS) is 1. The van der Waals surface area contributed by atoms with Crippen LogP contribution < -0.4 is 10.0 Å². The minimum absolute atomic E-state index is 0.0306. The SMILES string of the molecule is CCCCCc1cc(C(=O)NS(=O)(=O)c2ccc(CCNC(C)=O)cc2)cnc1C(=O)O. The molecule has 1 aromatic carbocycles. The van der Waals surface area contributed by atoms with Crippen LogP contribution in [0.25, 0.3) is 0 Å². The maximum atomic E-state index is 12.6. The Morgan fingerprint density at radius 1 is 1.06 bits per heavy atom. The Bertz CT molecular complexity index is 1080. The molecule has 2 amide bonds. The van der Waals surface area contributed by atoms with E-state index in [1.807, 2.05) is 11.6 Å². The van der Waals surface area contributed by atoms with E-state index in [1.165, 1.54) is 25.1 Å². The van der Waals surface area contributed by atoms with Crippen molar-refractivity contribution in [2.45, 2.75) is 50.8 Å². The number of benzene rings is 1. The van der Waals surface area contributed by atoms with Gasteiger partial charge in [0.1, 0.15) is 0 Å². The number of hydrogen-bond acceptors (Lipinski definition) is 6. The molecule has 1 aromatic heterocycles. The van der Waals surface area contributed by atoms with Gasteiger partial charge in [0.15, 0.2) is 5.69 Å². The molecule has 0 aliphatic rings. The van der Waals surface area contributed by atoms with Gasteiger partial charge in [0, 0.05) is 19.7 Å². The summed E-state index contributed by atoms with van der Waals surface area (Å²) in [5.74, 6) is -2.23. The van der Waals surface area contributed by atoms with Gasteiger partial charge in [-0.2, -0.15) is 0 Å². The Morgan fingerprint density at radius 2 is 1.75 bits per heavy atom. The van der Waals surface area contributed by atoms with Gasteiger partial charge >= 0.3 is 5.97 Å². The summed E-state index contributed by atoms with van der Waals surface area (Å²) < 4.78 is 27.2. The van der Waals surface area contributed by atoms with Crippen molar-refractivity contribution in [1.82, 2.24) is 15.0 Å². The van der Waals surface area contributed by atoms with Crippen molar-refractivity contribution < 1.29 is 27.9 Å². The molecule has 172 valence electrons. The topological polar surface area (TPSA) is 143 Å². The molecular formula is C22H27N3O6S. The van der Waals surface area contributed by atoms with Gasteiger partial charge in [-0.05, 0) is 48.6 Å². The van der Waals surface area contributed by atoms with Crippen molar-refractivity contribution in [3.8, 4) is 0 Å². The van der Waals surface area contributed by atoms with Gasteiger partial charge in [0.25, 0.3) is 15.9 Å². The summed E-state index contributed by atoms with van der Waals surface area (Å²) >= 11 is 0. The van der Waals surface area contributed by atoms with Crippen molar-refractivity contribution in [3.05, 3.63) is 58.9 Å². The number of carbonyl (C=O) groups is 3. The number of amides is 2. The Labute approximate surface area is 187 Å². The molecule has 0 atom stereocenters. The van der Waals surface area contributed by atoms with Gasteiger partial charge in [-0.3, -0.25) is 9.59 Å². The second-order valence-electron chi connectivity index (χ2n) is 7.31. The highest BCUT2D eigenvalue weighted by Gasteiger charge is 2.21. The molecule has 2 aromatic rings.